The molecule has 3 nitrogen and oxygen atoms in total. The highest BCUT2D eigenvalue weighted by Gasteiger charge is 2.42. The van der Waals surface area contributed by atoms with Gasteiger partial charge in [-0.3, -0.25) is 4.79 Å². The van der Waals surface area contributed by atoms with Crippen LogP contribution in [-0.2, 0) is 4.79 Å². The first-order chi connectivity index (χ1) is 8.28. The van der Waals surface area contributed by atoms with Crippen molar-refractivity contribution < 1.29 is 9.90 Å². The largest absolute Gasteiger partial charge is 0.481 e. The summed E-state index contributed by atoms with van der Waals surface area (Å²) in [6.45, 7) is 9.49. The van der Waals surface area contributed by atoms with Gasteiger partial charge in [-0.1, -0.05) is 20.8 Å². The highest BCUT2D eigenvalue weighted by molar-refractivity contribution is 5.75. The molecule has 0 aliphatic heterocycles. The molecule has 0 saturated heterocycles. The molecule has 0 aromatic rings. The summed E-state index contributed by atoms with van der Waals surface area (Å²) >= 11 is 0. The van der Waals surface area contributed by atoms with Gasteiger partial charge in [0.15, 0.2) is 0 Å². The number of hydrogen-bond acceptors (Lipinski definition) is 2. The van der Waals surface area contributed by atoms with E-state index < -0.39 is 11.4 Å². The maximum absolute atomic E-state index is 11.7. The van der Waals surface area contributed by atoms with Gasteiger partial charge in [-0.25, -0.2) is 0 Å². The van der Waals surface area contributed by atoms with Crippen LogP contribution in [-0.4, -0.2) is 35.6 Å². The summed E-state index contributed by atoms with van der Waals surface area (Å²) in [4.78, 5) is 13.9. The van der Waals surface area contributed by atoms with Crippen LogP contribution in [0.2, 0.25) is 0 Å². The minimum absolute atomic E-state index is 0.431. The van der Waals surface area contributed by atoms with Gasteiger partial charge in [0.1, 0.15) is 0 Å². The highest BCUT2D eigenvalue weighted by atomic mass is 16.4. The Morgan fingerprint density at radius 3 is 2.22 bits per heavy atom. The minimum atomic E-state index is -0.600. The van der Waals surface area contributed by atoms with E-state index in [1.165, 1.54) is 0 Å². The molecule has 18 heavy (non-hydrogen) atoms. The van der Waals surface area contributed by atoms with Crippen molar-refractivity contribution in [2.24, 2.45) is 17.3 Å². The van der Waals surface area contributed by atoms with Gasteiger partial charge in [0.2, 0.25) is 0 Å². The van der Waals surface area contributed by atoms with E-state index in [2.05, 4.69) is 39.6 Å². The summed E-state index contributed by atoms with van der Waals surface area (Å²) in [5, 5.41) is 9.62. The van der Waals surface area contributed by atoms with Crippen molar-refractivity contribution >= 4 is 5.97 Å². The Hall–Kier alpha value is -0.570. The minimum Gasteiger partial charge on any atom is -0.481 e. The highest BCUT2D eigenvalue weighted by Crippen LogP contribution is 2.40. The number of rotatable bonds is 5. The van der Waals surface area contributed by atoms with Crippen LogP contribution in [0.5, 0.6) is 0 Å². The maximum atomic E-state index is 11.7. The second kappa shape index (κ2) is 6.05. The van der Waals surface area contributed by atoms with Gasteiger partial charge in [0, 0.05) is 12.6 Å². The predicted octanol–water partition coefficient (Wildman–Crippen LogP) is 3.24. The van der Waals surface area contributed by atoms with Crippen molar-refractivity contribution in [1.29, 1.82) is 0 Å². The SMILES string of the molecule is CC1CCC(CN(C)C(C)C(C)C)(C(=O)O)CC1. The molecule has 0 aromatic heterocycles. The summed E-state index contributed by atoms with van der Waals surface area (Å²) in [7, 11) is 2.06. The van der Waals surface area contributed by atoms with Crippen molar-refractivity contribution in [2.45, 2.75) is 59.4 Å². The van der Waals surface area contributed by atoms with Crippen molar-refractivity contribution in [1.82, 2.24) is 4.90 Å². The molecular weight excluding hydrogens is 226 g/mol. The normalized spacial score (nSPS) is 30.7. The average molecular weight is 255 g/mol. The van der Waals surface area contributed by atoms with Crippen molar-refractivity contribution in [3.05, 3.63) is 0 Å². The summed E-state index contributed by atoms with van der Waals surface area (Å²) < 4.78 is 0. The van der Waals surface area contributed by atoms with E-state index in [1.54, 1.807) is 0 Å². The number of carboxylic acid groups (broad SMARTS) is 1. The molecular formula is C15H29NO2. The van der Waals surface area contributed by atoms with Gasteiger partial charge in [-0.15, -0.1) is 0 Å². The third kappa shape index (κ3) is 3.47. The molecule has 0 amide bonds. The standard InChI is InChI=1S/C15H29NO2/c1-11(2)13(4)16(5)10-15(14(17)18)8-6-12(3)7-9-15/h11-13H,6-10H2,1-5H3,(H,17,18). The molecule has 3 heteroatoms. The van der Waals surface area contributed by atoms with Crippen LogP contribution < -0.4 is 0 Å². The van der Waals surface area contributed by atoms with Gasteiger partial charge in [0.05, 0.1) is 5.41 Å². The van der Waals surface area contributed by atoms with Crippen LogP contribution in [0.1, 0.15) is 53.4 Å². The Morgan fingerprint density at radius 1 is 1.33 bits per heavy atom. The second-order valence-corrected chi connectivity index (χ2v) is 6.67. The first-order valence-electron chi connectivity index (χ1n) is 7.22. The molecule has 0 bridgehead atoms. The van der Waals surface area contributed by atoms with Crippen LogP contribution in [0.4, 0.5) is 0 Å². The topological polar surface area (TPSA) is 40.5 Å². The lowest BCUT2D eigenvalue weighted by molar-refractivity contribution is -0.153. The van der Waals surface area contributed by atoms with E-state index in [0.717, 1.165) is 25.7 Å². The van der Waals surface area contributed by atoms with Gasteiger partial charge in [0.25, 0.3) is 0 Å². The molecule has 0 spiro atoms. The zero-order chi connectivity index (χ0) is 13.9. The Labute approximate surface area is 112 Å². The molecule has 1 saturated carbocycles. The lowest BCUT2D eigenvalue weighted by Crippen LogP contribution is -2.47. The fourth-order valence-corrected chi connectivity index (χ4v) is 2.88. The summed E-state index contributed by atoms with van der Waals surface area (Å²) in [5.41, 5.74) is -0.510. The van der Waals surface area contributed by atoms with E-state index in [1.807, 2.05) is 0 Å². The third-order valence-corrected chi connectivity index (χ3v) is 4.90. The molecule has 0 heterocycles. The fourth-order valence-electron chi connectivity index (χ4n) is 2.88. The van der Waals surface area contributed by atoms with Gasteiger partial charge >= 0.3 is 5.97 Å². The predicted molar refractivity (Wildman–Crippen MR) is 74.6 cm³/mol. The third-order valence-electron chi connectivity index (χ3n) is 4.90. The van der Waals surface area contributed by atoms with E-state index in [4.69, 9.17) is 0 Å². The summed E-state index contributed by atoms with van der Waals surface area (Å²) in [6, 6.07) is 0.431. The molecule has 1 aliphatic rings. The Kier molecular flexibility index (Phi) is 5.20. The van der Waals surface area contributed by atoms with Crippen molar-refractivity contribution in [3.63, 3.8) is 0 Å². The molecule has 1 aliphatic carbocycles. The zero-order valence-corrected chi connectivity index (χ0v) is 12.6. The van der Waals surface area contributed by atoms with Gasteiger partial charge in [-0.05, 0) is 51.5 Å². The van der Waals surface area contributed by atoms with Crippen LogP contribution in [0.3, 0.4) is 0 Å². The van der Waals surface area contributed by atoms with E-state index >= 15 is 0 Å². The quantitative estimate of drug-likeness (QED) is 0.820. The fraction of sp³-hybridized carbons (Fsp3) is 0.933. The van der Waals surface area contributed by atoms with Crippen LogP contribution in [0, 0.1) is 17.3 Å². The maximum Gasteiger partial charge on any atom is 0.310 e. The zero-order valence-electron chi connectivity index (χ0n) is 12.6. The number of hydrogen-bond donors (Lipinski definition) is 1. The van der Waals surface area contributed by atoms with Gasteiger partial charge in [-0.2, -0.15) is 0 Å². The molecule has 106 valence electrons. The molecule has 1 rings (SSSR count). The first kappa shape index (κ1) is 15.5. The number of carbonyl (C=O) groups is 1. The number of nitrogens with zero attached hydrogens (tertiary/aromatic N) is 1. The Balaban J connectivity index is 2.72. The molecule has 0 aromatic carbocycles. The van der Waals surface area contributed by atoms with Gasteiger partial charge < -0.3 is 10.0 Å². The average Bonchev–Trinajstić information content (AvgIpc) is 2.30. The van der Waals surface area contributed by atoms with Crippen LogP contribution in [0.15, 0.2) is 0 Å². The van der Waals surface area contributed by atoms with Crippen molar-refractivity contribution in [3.8, 4) is 0 Å². The molecule has 1 fully saturated rings. The van der Waals surface area contributed by atoms with E-state index in [0.29, 0.717) is 24.4 Å². The van der Waals surface area contributed by atoms with E-state index in [9.17, 15) is 9.90 Å². The summed E-state index contributed by atoms with van der Waals surface area (Å²) in [6.07, 6.45) is 3.77. The van der Waals surface area contributed by atoms with E-state index in [-0.39, 0.29) is 0 Å². The number of aliphatic carboxylic acids is 1. The number of carboxylic acids is 1. The van der Waals surface area contributed by atoms with Crippen LogP contribution >= 0.6 is 0 Å². The lowest BCUT2D eigenvalue weighted by Gasteiger charge is -2.40. The first-order valence-corrected chi connectivity index (χ1v) is 7.22. The smallest absolute Gasteiger partial charge is 0.310 e. The monoisotopic (exact) mass is 255 g/mol. The Morgan fingerprint density at radius 2 is 1.83 bits per heavy atom. The molecule has 0 radical (unpaired) electrons. The summed E-state index contributed by atoms with van der Waals surface area (Å²) in [5.74, 6) is 0.644. The lowest BCUT2D eigenvalue weighted by atomic mass is 9.70. The molecule has 1 unspecified atom stereocenters. The molecule has 1 N–H and O–H groups in total. The molecule has 1 atom stereocenters. The Bertz CT molecular complexity index is 280. The van der Waals surface area contributed by atoms with Crippen LogP contribution in [0.25, 0.3) is 0 Å². The van der Waals surface area contributed by atoms with Crippen molar-refractivity contribution in [2.75, 3.05) is 13.6 Å². The second-order valence-electron chi connectivity index (χ2n) is 6.67.